The number of nitrogens with one attached hydrogen (secondary N) is 1. The van der Waals surface area contributed by atoms with Gasteiger partial charge in [-0.15, -0.1) is 5.10 Å². The topological polar surface area (TPSA) is 96.8 Å². The number of fused-ring (bicyclic) bond motifs is 1. The van der Waals surface area contributed by atoms with Crippen LogP contribution in [0, 0.1) is 12.8 Å². The fourth-order valence-electron chi connectivity index (χ4n) is 3.82. The molecule has 4 rings (SSSR count). The van der Waals surface area contributed by atoms with Gasteiger partial charge in [-0.25, -0.2) is 9.67 Å². The Balaban J connectivity index is 1.64. The predicted molar refractivity (Wildman–Crippen MR) is 110 cm³/mol. The van der Waals surface area contributed by atoms with Crippen molar-refractivity contribution in [3.63, 3.8) is 0 Å². The fraction of sp³-hybridized carbons (Fsp3) is 0.476. The summed E-state index contributed by atoms with van der Waals surface area (Å²) < 4.78 is 1.67. The lowest BCUT2D eigenvalue weighted by Gasteiger charge is -2.33. The van der Waals surface area contributed by atoms with E-state index in [1.807, 2.05) is 49.9 Å². The summed E-state index contributed by atoms with van der Waals surface area (Å²) in [5.41, 5.74) is 2.69. The normalized spacial score (nSPS) is 17.2. The van der Waals surface area contributed by atoms with Crippen LogP contribution in [0.1, 0.15) is 49.6 Å². The average molecular weight is 394 g/mol. The molecule has 1 atom stereocenters. The zero-order valence-electron chi connectivity index (χ0n) is 17.1. The number of aromatic nitrogens is 5. The molecule has 0 saturated carbocycles. The Labute approximate surface area is 168 Å². The summed E-state index contributed by atoms with van der Waals surface area (Å²) in [4.78, 5) is 34.5. The molecule has 1 aliphatic rings. The first-order valence-electron chi connectivity index (χ1n) is 10.1. The maximum absolute atomic E-state index is 12.6. The molecule has 3 heterocycles. The second kappa shape index (κ2) is 7.77. The maximum Gasteiger partial charge on any atom is 0.281 e. The van der Waals surface area contributed by atoms with Crippen LogP contribution < -0.4 is 5.56 Å². The quantitative estimate of drug-likeness (QED) is 0.732. The standard InChI is InChI=1S/C21H26N6O2/c1-13(2)21(29)26-10-4-5-16(12-26)18-22-19-17(20(28)23-18)24-25-27(19)11-15-8-6-14(3)7-9-15/h6-9,13,16H,4-5,10-12H2,1-3H3,(H,22,23,28)/t16-/m0/s1. The van der Waals surface area contributed by atoms with Gasteiger partial charge in [0, 0.05) is 24.9 Å². The Morgan fingerprint density at radius 3 is 2.76 bits per heavy atom. The Kier molecular flexibility index (Phi) is 5.17. The van der Waals surface area contributed by atoms with Crippen molar-refractivity contribution >= 4 is 17.1 Å². The van der Waals surface area contributed by atoms with Gasteiger partial charge in [0.1, 0.15) is 5.82 Å². The molecule has 8 heteroatoms. The molecule has 1 aromatic carbocycles. The van der Waals surface area contributed by atoms with E-state index in [4.69, 9.17) is 4.98 Å². The minimum absolute atomic E-state index is 0.00581. The number of hydrogen-bond donors (Lipinski definition) is 1. The molecule has 0 radical (unpaired) electrons. The summed E-state index contributed by atoms with van der Waals surface area (Å²) in [7, 11) is 0. The predicted octanol–water partition coefficient (Wildman–Crippen LogP) is 2.23. The molecule has 0 aliphatic carbocycles. The molecular weight excluding hydrogens is 368 g/mol. The Hall–Kier alpha value is -3.03. The molecule has 0 unspecified atom stereocenters. The van der Waals surface area contributed by atoms with E-state index < -0.39 is 0 Å². The molecule has 2 aromatic heterocycles. The molecule has 8 nitrogen and oxygen atoms in total. The van der Waals surface area contributed by atoms with Crippen molar-refractivity contribution in [2.45, 2.75) is 46.1 Å². The molecular formula is C21H26N6O2. The number of rotatable bonds is 4. The molecule has 3 aromatic rings. The molecule has 0 bridgehead atoms. The van der Waals surface area contributed by atoms with Gasteiger partial charge in [-0.2, -0.15) is 0 Å². The number of aryl methyl sites for hydroxylation is 1. The lowest BCUT2D eigenvalue weighted by Crippen LogP contribution is -2.41. The molecule has 1 aliphatic heterocycles. The maximum atomic E-state index is 12.6. The number of H-pyrrole nitrogens is 1. The number of carbonyl (C=O) groups excluding carboxylic acids is 1. The summed E-state index contributed by atoms with van der Waals surface area (Å²) >= 11 is 0. The number of piperidine rings is 1. The first-order chi connectivity index (χ1) is 13.9. The van der Waals surface area contributed by atoms with E-state index in [9.17, 15) is 9.59 Å². The van der Waals surface area contributed by atoms with Gasteiger partial charge in [0.15, 0.2) is 11.2 Å². The molecule has 0 spiro atoms. The number of amides is 1. The highest BCUT2D eigenvalue weighted by Gasteiger charge is 2.28. The van der Waals surface area contributed by atoms with Crippen LogP contribution in [0.2, 0.25) is 0 Å². The van der Waals surface area contributed by atoms with Crippen molar-refractivity contribution in [1.82, 2.24) is 29.9 Å². The van der Waals surface area contributed by atoms with Crippen molar-refractivity contribution in [3.05, 3.63) is 51.6 Å². The van der Waals surface area contributed by atoms with Crippen LogP contribution >= 0.6 is 0 Å². The van der Waals surface area contributed by atoms with Crippen LogP contribution in [-0.4, -0.2) is 48.9 Å². The SMILES string of the molecule is Cc1ccc(Cn2nnc3c(=O)[nH]c([C@H]4CCCN(C(=O)C(C)C)C4)nc32)cc1. The summed E-state index contributed by atoms with van der Waals surface area (Å²) in [6, 6.07) is 8.16. The first kappa shape index (κ1) is 19.3. The van der Waals surface area contributed by atoms with Crippen LogP contribution in [-0.2, 0) is 11.3 Å². The van der Waals surface area contributed by atoms with Gasteiger partial charge in [-0.05, 0) is 25.3 Å². The van der Waals surface area contributed by atoms with E-state index >= 15 is 0 Å². The summed E-state index contributed by atoms with van der Waals surface area (Å²) in [6.45, 7) is 7.69. The third-order valence-electron chi connectivity index (χ3n) is 5.46. The van der Waals surface area contributed by atoms with Crippen molar-refractivity contribution < 1.29 is 4.79 Å². The molecule has 29 heavy (non-hydrogen) atoms. The van der Waals surface area contributed by atoms with Crippen molar-refractivity contribution in [1.29, 1.82) is 0 Å². The van der Waals surface area contributed by atoms with Crippen LogP contribution in [0.5, 0.6) is 0 Å². The van der Waals surface area contributed by atoms with Crippen LogP contribution in [0.4, 0.5) is 0 Å². The van der Waals surface area contributed by atoms with E-state index in [0.29, 0.717) is 24.6 Å². The minimum Gasteiger partial charge on any atom is -0.342 e. The van der Waals surface area contributed by atoms with E-state index in [0.717, 1.165) is 24.9 Å². The lowest BCUT2D eigenvalue weighted by molar-refractivity contribution is -0.135. The fourth-order valence-corrected chi connectivity index (χ4v) is 3.82. The van der Waals surface area contributed by atoms with Crippen LogP contribution in [0.25, 0.3) is 11.2 Å². The van der Waals surface area contributed by atoms with E-state index in [1.54, 1.807) is 4.68 Å². The molecule has 1 fully saturated rings. The Morgan fingerprint density at radius 1 is 1.28 bits per heavy atom. The highest BCUT2D eigenvalue weighted by Crippen LogP contribution is 2.25. The van der Waals surface area contributed by atoms with E-state index in [-0.39, 0.29) is 28.8 Å². The highest BCUT2D eigenvalue weighted by molar-refractivity contribution is 5.78. The summed E-state index contributed by atoms with van der Waals surface area (Å²) in [6.07, 6.45) is 1.78. The van der Waals surface area contributed by atoms with Gasteiger partial charge in [0.05, 0.1) is 6.54 Å². The Morgan fingerprint density at radius 2 is 2.03 bits per heavy atom. The van der Waals surface area contributed by atoms with Gasteiger partial charge in [0.2, 0.25) is 5.91 Å². The van der Waals surface area contributed by atoms with E-state index in [1.165, 1.54) is 5.56 Å². The van der Waals surface area contributed by atoms with Crippen LogP contribution in [0.15, 0.2) is 29.1 Å². The number of likely N-dealkylation sites (tertiary alicyclic amines) is 1. The van der Waals surface area contributed by atoms with Crippen molar-refractivity contribution in [2.24, 2.45) is 5.92 Å². The minimum atomic E-state index is -0.285. The van der Waals surface area contributed by atoms with Crippen molar-refractivity contribution in [3.8, 4) is 0 Å². The molecule has 1 saturated heterocycles. The monoisotopic (exact) mass is 394 g/mol. The average Bonchev–Trinajstić information content (AvgIpc) is 3.12. The van der Waals surface area contributed by atoms with Gasteiger partial charge in [0.25, 0.3) is 5.56 Å². The zero-order valence-corrected chi connectivity index (χ0v) is 17.1. The lowest BCUT2D eigenvalue weighted by atomic mass is 9.96. The van der Waals surface area contributed by atoms with Crippen molar-refractivity contribution in [2.75, 3.05) is 13.1 Å². The number of nitrogens with zero attached hydrogens (tertiary/aromatic N) is 5. The third-order valence-corrected chi connectivity index (χ3v) is 5.46. The van der Waals surface area contributed by atoms with Gasteiger partial charge in [-0.3, -0.25) is 9.59 Å². The molecule has 152 valence electrons. The number of carbonyl (C=O) groups is 1. The smallest absolute Gasteiger partial charge is 0.281 e. The molecule has 1 N–H and O–H groups in total. The first-order valence-corrected chi connectivity index (χ1v) is 10.1. The number of hydrogen-bond acceptors (Lipinski definition) is 5. The van der Waals surface area contributed by atoms with Gasteiger partial charge >= 0.3 is 0 Å². The Bertz CT molecular complexity index is 1080. The number of benzene rings is 1. The zero-order chi connectivity index (χ0) is 20.5. The third kappa shape index (κ3) is 3.92. The summed E-state index contributed by atoms with van der Waals surface area (Å²) in [5, 5.41) is 8.17. The van der Waals surface area contributed by atoms with Gasteiger partial charge < -0.3 is 9.88 Å². The van der Waals surface area contributed by atoms with Gasteiger partial charge in [-0.1, -0.05) is 48.9 Å². The highest BCUT2D eigenvalue weighted by atomic mass is 16.2. The second-order valence-electron chi connectivity index (χ2n) is 8.13. The van der Waals surface area contributed by atoms with E-state index in [2.05, 4.69) is 15.3 Å². The summed E-state index contributed by atoms with van der Waals surface area (Å²) in [5.74, 6) is 0.718. The second-order valence-corrected chi connectivity index (χ2v) is 8.13. The largest absolute Gasteiger partial charge is 0.342 e. The molecule has 1 amide bonds. The number of aromatic amines is 1. The van der Waals surface area contributed by atoms with Crippen LogP contribution in [0.3, 0.4) is 0 Å².